The van der Waals surface area contributed by atoms with Crippen LogP contribution in [0.25, 0.3) is 0 Å². The van der Waals surface area contributed by atoms with Crippen LogP contribution in [-0.4, -0.2) is 46.8 Å². The Morgan fingerprint density at radius 1 is 0.913 bits per heavy atom. The van der Waals surface area contributed by atoms with Crippen LogP contribution in [0.15, 0.2) is 84.4 Å². The van der Waals surface area contributed by atoms with Gasteiger partial charge in [-0.3, -0.25) is 24.1 Å². The van der Waals surface area contributed by atoms with Crippen LogP contribution in [0.1, 0.15) is 50.2 Å². The number of ether oxygens (including phenoxy) is 1. The highest BCUT2D eigenvalue weighted by Crippen LogP contribution is 2.65. The number of halogens is 1. The second-order valence-electron chi connectivity index (χ2n) is 12.5. The Morgan fingerprint density at radius 3 is 2.39 bits per heavy atom. The number of hydrogen-bond acceptors (Lipinski definition) is 6. The van der Waals surface area contributed by atoms with E-state index in [1.54, 1.807) is 42.5 Å². The fraction of sp³-hybridized carbons (Fsp3) is 0.351. The van der Waals surface area contributed by atoms with Gasteiger partial charge in [-0.25, -0.2) is 4.90 Å². The predicted octanol–water partition coefficient (Wildman–Crippen LogP) is 6.02. The van der Waals surface area contributed by atoms with Crippen molar-refractivity contribution in [1.82, 2.24) is 4.90 Å². The number of anilines is 1. The van der Waals surface area contributed by atoms with Crippen molar-refractivity contribution in [2.24, 2.45) is 23.7 Å². The number of fused-ring (bicyclic) bond motifs is 4. The topological polar surface area (TPSA) is 104 Å². The number of nitrogens with zero attached hydrogens (tertiary/aromatic N) is 2. The summed E-state index contributed by atoms with van der Waals surface area (Å²) in [5.41, 5.74) is 0.753. The molecule has 2 saturated heterocycles. The lowest BCUT2D eigenvalue weighted by Crippen LogP contribution is -2.53. The van der Waals surface area contributed by atoms with E-state index < -0.39 is 46.8 Å². The van der Waals surface area contributed by atoms with Gasteiger partial charge in [-0.1, -0.05) is 78.7 Å². The van der Waals surface area contributed by atoms with E-state index in [1.165, 1.54) is 9.80 Å². The number of imide groups is 2. The van der Waals surface area contributed by atoms with Crippen LogP contribution in [0.5, 0.6) is 11.5 Å². The summed E-state index contributed by atoms with van der Waals surface area (Å²) in [7, 11) is 0. The SMILES string of the molecule is CCCN1C(=O)[C@H]2[C@H](CC=C3[C@H]2C[C@H]2C(=O)N(c4cccc(Cl)c4)C(=O)[C@@]2(c2ccccc2)[C@H]3c2cccc(OCC)c2O)C1=O. The first-order chi connectivity index (χ1) is 22.2. The first kappa shape index (κ1) is 30.2. The Hall–Kier alpha value is -4.43. The molecule has 46 heavy (non-hydrogen) atoms. The van der Waals surface area contributed by atoms with Crippen molar-refractivity contribution in [2.75, 3.05) is 18.1 Å². The summed E-state index contributed by atoms with van der Waals surface area (Å²) in [5, 5.41) is 12.2. The number of hydrogen-bond donors (Lipinski definition) is 1. The van der Waals surface area contributed by atoms with Gasteiger partial charge in [0.1, 0.15) is 0 Å². The molecule has 9 heteroatoms. The van der Waals surface area contributed by atoms with Crippen molar-refractivity contribution in [3.8, 4) is 11.5 Å². The van der Waals surface area contributed by atoms with E-state index in [0.29, 0.717) is 47.8 Å². The Kier molecular flexibility index (Phi) is 7.51. The number of aromatic hydroxyl groups is 1. The van der Waals surface area contributed by atoms with Crippen molar-refractivity contribution >= 4 is 40.9 Å². The summed E-state index contributed by atoms with van der Waals surface area (Å²) in [5.74, 6) is -4.49. The zero-order valence-electron chi connectivity index (χ0n) is 25.7. The number of amides is 4. The van der Waals surface area contributed by atoms with Crippen molar-refractivity contribution in [3.05, 3.63) is 101 Å². The molecule has 0 bridgehead atoms. The lowest BCUT2D eigenvalue weighted by Gasteiger charge is -2.50. The van der Waals surface area contributed by atoms with Gasteiger partial charge >= 0.3 is 0 Å². The lowest BCUT2D eigenvalue weighted by molar-refractivity contribution is -0.140. The van der Waals surface area contributed by atoms with Crippen LogP contribution in [-0.2, 0) is 24.6 Å². The Bertz CT molecular complexity index is 1790. The van der Waals surface area contributed by atoms with E-state index in [-0.39, 0.29) is 29.7 Å². The average Bonchev–Trinajstić information content (AvgIpc) is 3.43. The van der Waals surface area contributed by atoms with Crippen molar-refractivity contribution in [1.29, 1.82) is 0 Å². The maximum atomic E-state index is 15.2. The summed E-state index contributed by atoms with van der Waals surface area (Å²) < 4.78 is 5.80. The molecule has 3 fully saturated rings. The minimum absolute atomic E-state index is 0.116. The molecular weight excluding hydrogens is 604 g/mol. The van der Waals surface area contributed by atoms with Crippen LogP contribution in [0, 0.1) is 23.7 Å². The van der Waals surface area contributed by atoms with Gasteiger partial charge in [0.25, 0.3) is 0 Å². The van der Waals surface area contributed by atoms with E-state index in [9.17, 15) is 19.5 Å². The third-order valence-corrected chi connectivity index (χ3v) is 10.6. The molecule has 4 amide bonds. The number of para-hydroxylation sites is 1. The lowest BCUT2D eigenvalue weighted by atomic mass is 9.49. The first-order valence-electron chi connectivity index (χ1n) is 15.9. The zero-order valence-corrected chi connectivity index (χ0v) is 26.4. The Balaban J connectivity index is 1.51. The fourth-order valence-electron chi connectivity index (χ4n) is 8.64. The molecule has 2 aliphatic carbocycles. The number of phenols is 1. The molecule has 3 aromatic rings. The Morgan fingerprint density at radius 2 is 1.67 bits per heavy atom. The largest absolute Gasteiger partial charge is 0.504 e. The van der Waals surface area contributed by atoms with Crippen LogP contribution >= 0.6 is 11.6 Å². The normalized spacial score (nSPS) is 28.6. The number of phenolic OH excluding ortho intramolecular Hbond substituents is 1. The second-order valence-corrected chi connectivity index (χ2v) is 13.0. The number of allylic oxidation sites excluding steroid dienone is 2. The molecule has 2 aliphatic heterocycles. The smallest absolute Gasteiger partial charge is 0.246 e. The molecule has 1 saturated carbocycles. The maximum Gasteiger partial charge on any atom is 0.246 e. The Labute approximate surface area is 272 Å². The van der Waals surface area contributed by atoms with Crippen molar-refractivity contribution in [2.45, 2.75) is 44.4 Å². The van der Waals surface area contributed by atoms with Gasteiger partial charge in [0, 0.05) is 23.0 Å². The van der Waals surface area contributed by atoms with Gasteiger partial charge in [-0.05, 0) is 61.9 Å². The molecule has 7 rings (SSSR count). The van der Waals surface area contributed by atoms with E-state index in [4.69, 9.17) is 16.3 Å². The monoisotopic (exact) mass is 638 g/mol. The molecule has 0 radical (unpaired) electrons. The highest BCUT2D eigenvalue weighted by molar-refractivity contribution is 6.32. The summed E-state index contributed by atoms with van der Waals surface area (Å²) in [6.45, 7) is 4.40. The summed E-state index contributed by atoms with van der Waals surface area (Å²) in [4.78, 5) is 60.1. The molecule has 6 atom stereocenters. The third kappa shape index (κ3) is 4.19. The molecule has 1 N–H and O–H groups in total. The third-order valence-electron chi connectivity index (χ3n) is 10.3. The van der Waals surface area contributed by atoms with Crippen molar-refractivity contribution < 1.29 is 29.0 Å². The van der Waals surface area contributed by atoms with Crippen LogP contribution in [0.2, 0.25) is 5.02 Å². The standard InChI is InChI=1S/C37H35ClN2O6/c1-3-18-39-33(42)25-17-16-24-27(30(25)35(39)44)20-28-34(43)40(23-13-8-12-22(38)19-23)36(45)37(28,21-10-6-5-7-11-21)31(24)26-14-9-15-29(32(26)41)46-4-2/h5-16,19,25,27-28,30-31,41H,3-4,17-18,20H2,1-2H3/t25-,27+,28-,30-,31+,37+/m0/s1. The van der Waals surface area contributed by atoms with Gasteiger partial charge < -0.3 is 9.84 Å². The van der Waals surface area contributed by atoms with Crippen LogP contribution in [0.4, 0.5) is 5.69 Å². The van der Waals surface area contributed by atoms with E-state index in [2.05, 4.69) is 0 Å². The average molecular weight is 639 g/mol. The summed E-state index contributed by atoms with van der Waals surface area (Å²) in [6, 6.07) is 21.1. The minimum Gasteiger partial charge on any atom is -0.504 e. The molecule has 4 aliphatic rings. The molecule has 0 unspecified atom stereocenters. The quantitative estimate of drug-likeness (QED) is 0.251. The van der Waals surface area contributed by atoms with Crippen LogP contribution in [0.3, 0.4) is 0 Å². The summed E-state index contributed by atoms with van der Waals surface area (Å²) in [6.07, 6.45) is 3.17. The van der Waals surface area contributed by atoms with E-state index in [0.717, 1.165) is 5.57 Å². The highest BCUT2D eigenvalue weighted by atomic mass is 35.5. The number of likely N-dealkylation sites (tertiary alicyclic amines) is 1. The molecular formula is C37H35ClN2O6. The van der Waals surface area contributed by atoms with Gasteiger partial charge in [0.2, 0.25) is 23.6 Å². The number of rotatable bonds is 7. The predicted molar refractivity (Wildman–Crippen MR) is 172 cm³/mol. The van der Waals surface area contributed by atoms with E-state index in [1.807, 2.05) is 50.3 Å². The summed E-state index contributed by atoms with van der Waals surface area (Å²) >= 11 is 6.37. The zero-order chi connectivity index (χ0) is 32.3. The molecule has 8 nitrogen and oxygen atoms in total. The van der Waals surface area contributed by atoms with Crippen molar-refractivity contribution in [3.63, 3.8) is 0 Å². The molecule has 236 valence electrons. The molecule has 2 heterocycles. The van der Waals surface area contributed by atoms with Gasteiger partial charge in [0.05, 0.1) is 35.5 Å². The van der Waals surface area contributed by atoms with Gasteiger partial charge in [-0.15, -0.1) is 0 Å². The van der Waals surface area contributed by atoms with Gasteiger partial charge in [0.15, 0.2) is 11.5 Å². The fourth-order valence-corrected chi connectivity index (χ4v) is 8.83. The van der Waals surface area contributed by atoms with Crippen LogP contribution < -0.4 is 9.64 Å². The van der Waals surface area contributed by atoms with E-state index >= 15 is 4.79 Å². The highest BCUT2D eigenvalue weighted by Gasteiger charge is 2.70. The first-order valence-corrected chi connectivity index (χ1v) is 16.3. The maximum absolute atomic E-state index is 15.2. The number of carbonyl (C=O) groups excluding carboxylic acids is 4. The minimum atomic E-state index is -1.47. The molecule has 0 aromatic heterocycles. The van der Waals surface area contributed by atoms with Gasteiger partial charge in [-0.2, -0.15) is 0 Å². The number of carbonyl (C=O) groups is 4. The molecule has 3 aromatic carbocycles. The number of benzene rings is 3. The molecule has 0 spiro atoms. The second kappa shape index (κ2) is 11.4.